The molecule has 1 saturated carbocycles. The van der Waals surface area contributed by atoms with Gasteiger partial charge in [-0.25, -0.2) is 9.97 Å². The van der Waals surface area contributed by atoms with Crippen molar-refractivity contribution >= 4 is 5.91 Å². The van der Waals surface area contributed by atoms with Crippen molar-refractivity contribution in [1.82, 2.24) is 19.8 Å². The maximum absolute atomic E-state index is 12.7. The van der Waals surface area contributed by atoms with Crippen molar-refractivity contribution in [3.05, 3.63) is 53.1 Å². The fourth-order valence-electron chi connectivity index (χ4n) is 4.08. The number of amides is 1. The number of likely N-dealkylation sites (tertiary alicyclic amines) is 1. The minimum Gasteiger partial charge on any atom is -0.406 e. The van der Waals surface area contributed by atoms with E-state index < -0.39 is 6.36 Å². The van der Waals surface area contributed by atoms with E-state index >= 15 is 0 Å². The van der Waals surface area contributed by atoms with Crippen LogP contribution in [0.2, 0.25) is 0 Å². The molecule has 1 aromatic carbocycles. The normalized spacial score (nSPS) is 16.9. The Bertz CT molecular complexity index is 953. The molecule has 1 amide bonds. The van der Waals surface area contributed by atoms with E-state index in [9.17, 15) is 18.0 Å². The van der Waals surface area contributed by atoms with Gasteiger partial charge < -0.3 is 14.5 Å². The van der Waals surface area contributed by atoms with Crippen LogP contribution in [0.5, 0.6) is 5.75 Å². The molecule has 2 aliphatic rings. The number of benzene rings is 1. The minimum atomic E-state index is -4.71. The van der Waals surface area contributed by atoms with Crippen molar-refractivity contribution in [1.29, 1.82) is 0 Å². The molecule has 6 nitrogen and oxygen atoms in total. The first kappa shape index (κ1) is 22.5. The van der Waals surface area contributed by atoms with Crippen LogP contribution < -0.4 is 4.74 Å². The second-order valence-electron chi connectivity index (χ2n) is 8.96. The van der Waals surface area contributed by atoms with E-state index in [2.05, 4.69) is 19.6 Å². The van der Waals surface area contributed by atoms with E-state index in [0.717, 1.165) is 43.6 Å². The van der Waals surface area contributed by atoms with Crippen molar-refractivity contribution in [3.63, 3.8) is 0 Å². The van der Waals surface area contributed by atoms with E-state index in [1.165, 1.54) is 24.5 Å². The third kappa shape index (κ3) is 5.97. The molecule has 1 saturated heterocycles. The summed E-state index contributed by atoms with van der Waals surface area (Å²) in [6, 6.07) is 4.84. The SMILES string of the molecule is CN(C)CC1CN(C(=O)c2cnc(CCc3cc(OC(F)(F)F)cc(C4CC4)c3)nc2)C1. The van der Waals surface area contributed by atoms with E-state index in [1.54, 1.807) is 4.90 Å². The molecule has 0 spiro atoms. The van der Waals surface area contributed by atoms with Gasteiger partial charge in [-0.15, -0.1) is 13.2 Å². The highest BCUT2D eigenvalue weighted by molar-refractivity contribution is 5.94. The maximum atomic E-state index is 12.7. The molecule has 2 aromatic rings. The van der Waals surface area contributed by atoms with E-state index in [1.807, 2.05) is 20.2 Å². The van der Waals surface area contributed by atoms with Gasteiger partial charge >= 0.3 is 6.36 Å². The fourth-order valence-corrected chi connectivity index (χ4v) is 4.08. The van der Waals surface area contributed by atoms with Gasteiger partial charge in [-0.05, 0) is 62.5 Å². The van der Waals surface area contributed by atoms with E-state index in [-0.39, 0.29) is 11.7 Å². The maximum Gasteiger partial charge on any atom is 0.573 e. The summed E-state index contributed by atoms with van der Waals surface area (Å²) in [5.41, 5.74) is 2.09. The molecule has 172 valence electrons. The largest absolute Gasteiger partial charge is 0.573 e. The zero-order chi connectivity index (χ0) is 22.9. The number of rotatable bonds is 8. The molecule has 0 radical (unpaired) electrons. The predicted molar refractivity (Wildman–Crippen MR) is 112 cm³/mol. The Kier molecular flexibility index (Phi) is 6.37. The van der Waals surface area contributed by atoms with Crippen molar-refractivity contribution in [2.45, 2.75) is 38.0 Å². The van der Waals surface area contributed by atoms with Crippen molar-refractivity contribution in [2.24, 2.45) is 5.92 Å². The summed E-state index contributed by atoms with van der Waals surface area (Å²) in [7, 11) is 4.03. The first-order chi connectivity index (χ1) is 15.2. The van der Waals surface area contributed by atoms with Crippen LogP contribution in [0.25, 0.3) is 0 Å². The van der Waals surface area contributed by atoms with Gasteiger partial charge in [-0.1, -0.05) is 6.07 Å². The van der Waals surface area contributed by atoms with Crippen LogP contribution in [0.15, 0.2) is 30.6 Å². The van der Waals surface area contributed by atoms with Gasteiger partial charge in [-0.3, -0.25) is 4.79 Å². The van der Waals surface area contributed by atoms with E-state index in [4.69, 9.17) is 0 Å². The Labute approximate surface area is 185 Å². The van der Waals surface area contributed by atoms with Crippen LogP contribution in [0.4, 0.5) is 13.2 Å². The van der Waals surface area contributed by atoms with Gasteiger partial charge in [0.25, 0.3) is 5.91 Å². The second kappa shape index (κ2) is 9.05. The summed E-state index contributed by atoms with van der Waals surface area (Å²) < 4.78 is 42.1. The standard InChI is InChI=1S/C23H27F3N4O2/c1-29(2)12-16-13-30(14-16)22(31)19-10-27-21(28-11-19)6-3-15-7-18(17-4-5-17)9-20(8-15)32-23(24,25)26/h7-11,16-17H,3-6,12-14H2,1-2H3. The Morgan fingerprint density at radius 2 is 1.81 bits per heavy atom. The third-order valence-electron chi connectivity index (χ3n) is 5.73. The van der Waals surface area contributed by atoms with Gasteiger partial charge in [0.1, 0.15) is 11.6 Å². The van der Waals surface area contributed by atoms with Gasteiger partial charge in [0.2, 0.25) is 0 Å². The Morgan fingerprint density at radius 3 is 2.41 bits per heavy atom. The Hall–Kier alpha value is -2.68. The molecule has 4 rings (SSSR count). The average molecular weight is 448 g/mol. The summed E-state index contributed by atoms with van der Waals surface area (Å²) in [6.07, 6.45) is 1.27. The molecule has 2 heterocycles. The van der Waals surface area contributed by atoms with Crippen LogP contribution in [-0.4, -0.2) is 65.8 Å². The first-order valence-corrected chi connectivity index (χ1v) is 10.8. The van der Waals surface area contributed by atoms with Crippen LogP contribution in [0, 0.1) is 5.92 Å². The lowest BCUT2D eigenvalue weighted by Gasteiger charge is -2.40. The molecule has 1 aliphatic carbocycles. The summed E-state index contributed by atoms with van der Waals surface area (Å²) >= 11 is 0. The van der Waals surface area contributed by atoms with Crippen LogP contribution >= 0.6 is 0 Å². The van der Waals surface area contributed by atoms with Crippen LogP contribution in [0.1, 0.15) is 46.1 Å². The topological polar surface area (TPSA) is 58.6 Å². The molecule has 9 heteroatoms. The molecular weight excluding hydrogens is 421 g/mol. The highest BCUT2D eigenvalue weighted by Gasteiger charge is 2.33. The number of hydrogen-bond donors (Lipinski definition) is 0. The highest BCUT2D eigenvalue weighted by Crippen LogP contribution is 2.42. The van der Waals surface area contributed by atoms with Gasteiger partial charge in [0, 0.05) is 44.4 Å². The van der Waals surface area contributed by atoms with Crippen LogP contribution in [0.3, 0.4) is 0 Å². The first-order valence-electron chi connectivity index (χ1n) is 10.8. The molecule has 2 fully saturated rings. The lowest BCUT2D eigenvalue weighted by atomic mass is 9.99. The number of halogens is 3. The van der Waals surface area contributed by atoms with Crippen molar-refractivity contribution in [3.8, 4) is 5.75 Å². The van der Waals surface area contributed by atoms with E-state index in [0.29, 0.717) is 36.1 Å². The smallest absolute Gasteiger partial charge is 0.406 e. The zero-order valence-corrected chi connectivity index (χ0v) is 18.2. The number of hydrogen-bond acceptors (Lipinski definition) is 5. The summed E-state index contributed by atoms with van der Waals surface area (Å²) in [4.78, 5) is 25.0. The molecule has 0 N–H and O–H groups in total. The second-order valence-corrected chi connectivity index (χ2v) is 8.96. The Balaban J connectivity index is 1.35. The summed E-state index contributed by atoms with van der Waals surface area (Å²) in [5.74, 6) is 1.10. The number of aromatic nitrogens is 2. The number of nitrogens with zero attached hydrogens (tertiary/aromatic N) is 4. The summed E-state index contributed by atoms with van der Waals surface area (Å²) in [5, 5.41) is 0. The molecule has 32 heavy (non-hydrogen) atoms. The lowest BCUT2D eigenvalue weighted by molar-refractivity contribution is -0.274. The molecular formula is C23H27F3N4O2. The molecule has 1 aliphatic heterocycles. The Morgan fingerprint density at radius 1 is 1.12 bits per heavy atom. The average Bonchev–Trinajstić information content (AvgIpc) is 3.52. The monoisotopic (exact) mass is 448 g/mol. The van der Waals surface area contributed by atoms with Crippen molar-refractivity contribution in [2.75, 3.05) is 33.7 Å². The van der Waals surface area contributed by atoms with Gasteiger partial charge in [0.15, 0.2) is 0 Å². The molecule has 0 bridgehead atoms. The lowest BCUT2D eigenvalue weighted by Crippen LogP contribution is -2.53. The number of carbonyl (C=O) groups excluding carboxylic acids is 1. The van der Waals surface area contributed by atoms with Crippen molar-refractivity contribution < 1.29 is 22.7 Å². The number of aryl methyl sites for hydroxylation is 2. The van der Waals surface area contributed by atoms with Gasteiger partial charge in [0.05, 0.1) is 5.56 Å². The quantitative estimate of drug-likeness (QED) is 0.617. The third-order valence-corrected chi connectivity index (χ3v) is 5.73. The summed E-state index contributed by atoms with van der Waals surface area (Å²) in [6.45, 7) is 2.42. The molecule has 1 aromatic heterocycles. The molecule has 0 unspecified atom stereocenters. The number of ether oxygens (including phenoxy) is 1. The predicted octanol–water partition coefficient (Wildman–Crippen LogP) is 3.67. The number of alkyl halides is 3. The zero-order valence-electron chi connectivity index (χ0n) is 18.2. The highest BCUT2D eigenvalue weighted by atomic mass is 19.4. The fraction of sp³-hybridized carbons (Fsp3) is 0.522. The number of carbonyl (C=O) groups is 1. The van der Waals surface area contributed by atoms with Gasteiger partial charge in [-0.2, -0.15) is 0 Å². The molecule has 0 atom stereocenters. The minimum absolute atomic E-state index is 0.0716. The van der Waals surface area contributed by atoms with Crippen LogP contribution in [-0.2, 0) is 12.8 Å².